The molecule has 23 heteroatoms. The third-order valence-corrected chi connectivity index (χ3v) is 9.37. The summed E-state index contributed by atoms with van der Waals surface area (Å²) in [5.41, 5.74) is 4.81. The van der Waals surface area contributed by atoms with Crippen molar-refractivity contribution in [2.75, 3.05) is 12.3 Å². The van der Waals surface area contributed by atoms with Crippen LogP contribution in [0.4, 0.5) is 5.95 Å². The van der Waals surface area contributed by atoms with Crippen molar-refractivity contribution in [1.29, 1.82) is 0 Å². The van der Waals surface area contributed by atoms with Gasteiger partial charge in [-0.1, -0.05) is 0 Å². The fraction of sp³-hybridized carbons (Fsp3) is 0.667. The molecule has 0 saturated carbocycles. The van der Waals surface area contributed by atoms with Crippen LogP contribution in [0.25, 0.3) is 11.2 Å². The number of aromatic nitrogens is 4. The molecule has 2 aromatic rings. The minimum atomic E-state index is -5.69. The number of carbonyl (C=O) groups is 1. The van der Waals surface area contributed by atoms with Crippen molar-refractivity contribution in [2.24, 2.45) is 0 Å². The summed E-state index contributed by atoms with van der Waals surface area (Å²) in [6.07, 6.45) is -5.32. The number of nitrogen functional groups attached to an aromatic ring is 1. The zero-order chi connectivity index (χ0) is 30.9. The second-order valence-corrected chi connectivity index (χ2v) is 13.7. The zero-order valence-electron chi connectivity index (χ0n) is 22.2. The highest BCUT2D eigenvalue weighted by atomic mass is 31.3. The van der Waals surface area contributed by atoms with E-state index in [4.69, 9.17) is 24.5 Å². The Balaban J connectivity index is 1.87. The van der Waals surface area contributed by atoms with Crippen molar-refractivity contribution in [3.63, 3.8) is 0 Å². The van der Waals surface area contributed by atoms with Gasteiger partial charge in [0.05, 0.1) is 25.1 Å². The first-order valence-electron chi connectivity index (χ1n) is 11.7. The number of carbonyl (C=O) groups excluding carboxylic acids is 1. The number of anilines is 1. The molecule has 4 unspecified atom stereocenters. The molecule has 0 amide bonds. The van der Waals surface area contributed by atoms with Crippen LogP contribution < -0.4 is 11.3 Å². The molecule has 3 heterocycles. The van der Waals surface area contributed by atoms with Crippen LogP contribution in [0.2, 0.25) is 0 Å². The SMILES string of the molecule is CC(=O)O[C@H]1C(OC(C)C)[C@@H](COP(=O)(O)OP(=O)(O)OP(=O)(O)OC(C)C)O[C@H]1n1cnc2c(=O)[nH]c(N)nc21. The molecule has 1 aliphatic rings. The molecule has 41 heavy (non-hydrogen) atoms. The number of ether oxygens (including phenoxy) is 3. The molecule has 1 saturated heterocycles. The topological polar surface area (TPSA) is 283 Å². The Kier molecular flexibility index (Phi) is 10.3. The molecule has 1 fully saturated rings. The normalized spacial score (nSPS) is 25.7. The fourth-order valence-electron chi connectivity index (χ4n) is 3.74. The zero-order valence-corrected chi connectivity index (χ0v) is 24.9. The number of rotatable bonds is 13. The first-order chi connectivity index (χ1) is 18.8. The summed E-state index contributed by atoms with van der Waals surface area (Å²) in [4.78, 5) is 63.8. The number of phosphoric acid groups is 3. The van der Waals surface area contributed by atoms with Crippen molar-refractivity contribution in [1.82, 2.24) is 19.5 Å². The fourth-order valence-corrected chi connectivity index (χ4v) is 7.43. The standard InChI is InChI=1S/C18H30N5O15P3/c1-8(2)33-13-11(6-32-39(26,27)37-41(30,31)38-40(28,29)36-9(3)4)35-17(14(13)34-10(5)24)23-7-20-12-15(23)21-18(19)22-16(12)25/h7-9,11,13-14,17H,6H2,1-5H3,(H,26,27)(H,28,29)(H,30,31)(H3,19,21,22,25)/t11-,13?,14+,17-/m1/s1. The van der Waals surface area contributed by atoms with Crippen LogP contribution in [-0.2, 0) is 50.4 Å². The molecule has 1 aliphatic heterocycles. The average Bonchev–Trinajstić information content (AvgIpc) is 3.30. The minimum Gasteiger partial charge on any atom is -0.455 e. The lowest BCUT2D eigenvalue weighted by Gasteiger charge is -2.26. The van der Waals surface area contributed by atoms with E-state index in [1.807, 2.05) is 0 Å². The van der Waals surface area contributed by atoms with Gasteiger partial charge in [0, 0.05) is 6.92 Å². The summed E-state index contributed by atoms with van der Waals surface area (Å²) in [5, 5.41) is 0. The van der Waals surface area contributed by atoms with Gasteiger partial charge in [0.1, 0.15) is 12.2 Å². The van der Waals surface area contributed by atoms with Gasteiger partial charge >= 0.3 is 29.4 Å². The number of nitrogens with one attached hydrogen (secondary N) is 1. The van der Waals surface area contributed by atoms with Crippen molar-refractivity contribution in [3.8, 4) is 0 Å². The number of nitrogens with two attached hydrogens (primary N) is 1. The Morgan fingerprint density at radius 2 is 1.73 bits per heavy atom. The van der Waals surface area contributed by atoms with Gasteiger partial charge in [-0.15, -0.1) is 0 Å². The molecule has 0 bridgehead atoms. The molecule has 0 radical (unpaired) electrons. The Bertz CT molecular complexity index is 1460. The van der Waals surface area contributed by atoms with Crippen LogP contribution in [0.15, 0.2) is 11.1 Å². The van der Waals surface area contributed by atoms with E-state index in [9.17, 15) is 38.0 Å². The van der Waals surface area contributed by atoms with E-state index in [1.165, 1.54) is 18.4 Å². The lowest BCUT2D eigenvalue weighted by Crippen LogP contribution is -2.40. The van der Waals surface area contributed by atoms with E-state index in [2.05, 4.69) is 28.1 Å². The summed E-state index contributed by atoms with van der Waals surface area (Å²) >= 11 is 0. The van der Waals surface area contributed by atoms with Gasteiger partial charge in [-0.3, -0.25) is 28.2 Å². The summed E-state index contributed by atoms with van der Waals surface area (Å²) in [6, 6.07) is 0. The van der Waals surface area contributed by atoms with Crippen LogP contribution >= 0.6 is 23.5 Å². The smallest absolute Gasteiger partial charge is 0.455 e. The van der Waals surface area contributed by atoms with Crippen molar-refractivity contribution in [2.45, 2.75) is 71.4 Å². The van der Waals surface area contributed by atoms with Gasteiger partial charge in [0.15, 0.2) is 23.5 Å². The quantitative estimate of drug-likeness (QED) is 0.150. The third-order valence-electron chi connectivity index (χ3n) is 4.90. The average molecular weight is 649 g/mol. The molecule has 7 atom stereocenters. The molecule has 0 spiro atoms. The largest absolute Gasteiger partial charge is 0.490 e. The highest BCUT2D eigenvalue weighted by Gasteiger charge is 2.51. The van der Waals surface area contributed by atoms with Crippen LogP contribution in [0.1, 0.15) is 40.8 Å². The summed E-state index contributed by atoms with van der Waals surface area (Å²) in [6.45, 7) is 6.14. The van der Waals surface area contributed by atoms with Crippen LogP contribution in [0, 0.1) is 0 Å². The van der Waals surface area contributed by atoms with E-state index in [-0.39, 0.29) is 17.1 Å². The van der Waals surface area contributed by atoms with E-state index in [0.29, 0.717) is 0 Å². The lowest BCUT2D eigenvalue weighted by molar-refractivity contribution is -0.159. The third kappa shape index (κ3) is 8.97. The first-order valence-corrected chi connectivity index (χ1v) is 16.2. The summed E-state index contributed by atoms with van der Waals surface area (Å²) in [7, 11) is -16.4. The van der Waals surface area contributed by atoms with E-state index in [0.717, 1.165) is 13.3 Å². The molecule has 20 nitrogen and oxygen atoms in total. The molecule has 232 valence electrons. The number of fused-ring (bicyclic) bond motifs is 1. The van der Waals surface area contributed by atoms with Gasteiger partial charge in [-0.25, -0.2) is 18.7 Å². The molecule has 6 N–H and O–H groups in total. The van der Waals surface area contributed by atoms with Gasteiger partial charge in [0.2, 0.25) is 5.95 Å². The highest BCUT2D eigenvalue weighted by molar-refractivity contribution is 7.66. The monoisotopic (exact) mass is 649 g/mol. The number of esters is 1. The van der Waals surface area contributed by atoms with E-state index in [1.54, 1.807) is 13.8 Å². The number of nitrogens with zero attached hydrogens (tertiary/aromatic N) is 3. The van der Waals surface area contributed by atoms with Crippen molar-refractivity contribution in [3.05, 3.63) is 16.7 Å². The number of hydrogen-bond donors (Lipinski definition) is 5. The van der Waals surface area contributed by atoms with Gasteiger partial charge in [-0.2, -0.15) is 13.6 Å². The maximum atomic E-state index is 12.5. The van der Waals surface area contributed by atoms with Gasteiger partial charge in [-0.05, 0) is 27.7 Å². The molecule has 0 aromatic carbocycles. The maximum Gasteiger partial charge on any atom is 0.490 e. The predicted octanol–water partition coefficient (Wildman–Crippen LogP) is 1.10. The summed E-state index contributed by atoms with van der Waals surface area (Å²) < 4.78 is 72.2. The predicted molar refractivity (Wildman–Crippen MR) is 136 cm³/mol. The number of imidazole rings is 1. The highest BCUT2D eigenvalue weighted by Crippen LogP contribution is 2.68. The molecular weight excluding hydrogens is 619 g/mol. The second kappa shape index (κ2) is 12.7. The van der Waals surface area contributed by atoms with Gasteiger partial charge in [0.25, 0.3) is 5.56 Å². The maximum absolute atomic E-state index is 12.5. The Morgan fingerprint density at radius 3 is 2.32 bits per heavy atom. The number of H-pyrrole nitrogens is 1. The van der Waals surface area contributed by atoms with E-state index < -0.39 is 78.4 Å². The molecule has 3 rings (SSSR count). The Morgan fingerprint density at radius 1 is 1.10 bits per heavy atom. The van der Waals surface area contributed by atoms with E-state index >= 15 is 0 Å². The number of hydrogen-bond acceptors (Lipinski definition) is 15. The second-order valence-electron chi connectivity index (χ2n) is 9.08. The van der Waals surface area contributed by atoms with Crippen LogP contribution in [0.3, 0.4) is 0 Å². The van der Waals surface area contributed by atoms with Crippen LogP contribution in [-0.4, -0.2) is 77.3 Å². The van der Waals surface area contributed by atoms with Crippen molar-refractivity contribution < 1.29 is 65.0 Å². The van der Waals surface area contributed by atoms with Crippen LogP contribution in [0.5, 0.6) is 0 Å². The summed E-state index contributed by atoms with van der Waals surface area (Å²) in [5.74, 6) is -1.01. The lowest BCUT2D eigenvalue weighted by atomic mass is 10.1. The molecule has 0 aliphatic carbocycles. The van der Waals surface area contributed by atoms with Crippen molar-refractivity contribution >= 4 is 46.5 Å². The molecular formula is C18H30N5O15P3. The van der Waals surface area contributed by atoms with Gasteiger partial charge < -0.3 is 34.6 Å². The Hall–Kier alpha value is -2.05. The number of aromatic amines is 1. The first kappa shape index (κ1) is 33.5. The molecule has 2 aromatic heterocycles. The number of phosphoric ester groups is 2. The Labute approximate surface area is 231 Å². The minimum absolute atomic E-state index is 0.0511.